The van der Waals surface area contributed by atoms with Gasteiger partial charge in [-0.2, -0.15) is 0 Å². The van der Waals surface area contributed by atoms with Crippen molar-refractivity contribution in [2.24, 2.45) is 0 Å². The van der Waals surface area contributed by atoms with E-state index in [1.807, 2.05) is 24.5 Å². The van der Waals surface area contributed by atoms with Gasteiger partial charge in [-0.05, 0) is 41.3 Å². The minimum Gasteiger partial charge on any atom is -0.399 e. The number of hydrogen-bond donors (Lipinski definition) is 1. The molecule has 1 aliphatic heterocycles. The second kappa shape index (κ2) is 6.04. The van der Waals surface area contributed by atoms with Gasteiger partial charge in [0.1, 0.15) is 5.82 Å². The van der Waals surface area contributed by atoms with Crippen molar-refractivity contribution < 1.29 is 0 Å². The molecule has 4 heteroatoms. The van der Waals surface area contributed by atoms with Crippen LogP contribution in [0, 0.1) is 0 Å². The van der Waals surface area contributed by atoms with Crippen LogP contribution in [0.1, 0.15) is 22.5 Å². The topological polar surface area (TPSA) is 47.1 Å². The normalized spacial score (nSPS) is 13.3. The van der Waals surface area contributed by atoms with Gasteiger partial charge in [-0.15, -0.1) is 0 Å². The fourth-order valence-electron chi connectivity index (χ4n) is 3.38. The molecule has 1 aromatic heterocycles. The van der Waals surface area contributed by atoms with Gasteiger partial charge in [0.25, 0.3) is 0 Å². The molecule has 24 heavy (non-hydrogen) atoms. The quantitative estimate of drug-likeness (QED) is 0.752. The van der Waals surface area contributed by atoms with Crippen LogP contribution in [0.5, 0.6) is 0 Å². The summed E-state index contributed by atoms with van der Waals surface area (Å²) in [6, 6.07) is 14.8. The maximum absolute atomic E-state index is 5.76. The molecule has 0 radical (unpaired) electrons. The van der Waals surface area contributed by atoms with Crippen molar-refractivity contribution in [3.05, 3.63) is 77.4 Å². The number of fused-ring (bicyclic) bond motifs is 1. The third-order valence-electron chi connectivity index (χ3n) is 4.77. The number of anilines is 2. The van der Waals surface area contributed by atoms with Gasteiger partial charge >= 0.3 is 0 Å². The van der Waals surface area contributed by atoms with Crippen molar-refractivity contribution in [3.8, 4) is 0 Å². The van der Waals surface area contributed by atoms with E-state index in [0.717, 1.165) is 37.4 Å². The fraction of sp³-hybridized carbons (Fsp3) is 0.250. The molecule has 122 valence electrons. The molecule has 4 rings (SSSR count). The number of likely N-dealkylation sites (N-methyl/N-ethyl adjacent to an activating group) is 1. The van der Waals surface area contributed by atoms with E-state index in [0.29, 0.717) is 0 Å². The van der Waals surface area contributed by atoms with Gasteiger partial charge in [0, 0.05) is 50.3 Å². The van der Waals surface area contributed by atoms with E-state index in [9.17, 15) is 0 Å². The minimum atomic E-state index is 0.799. The van der Waals surface area contributed by atoms with Gasteiger partial charge in [0.15, 0.2) is 0 Å². The van der Waals surface area contributed by atoms with Crippen molar-refractivity contribution in [2.75, 3.05) is 24.2 Å². The highest BCUT2D eigenvalue weighted by Crippen LogP contribution is 2.28. The highest BCUT2D eigenvalue weighted by Gasteiger charge is 2.16. The molecule has 4 nitrogen and oxygen atoms in total. The number of hydrogen-bond acceptors (Lipinski definition) is 3. The fourth-order valence-corrected chi connectivity index (χ4v) is 3.38. The number of nitrogens with zero attached hydrogens (tertiary/aromatic N) is 3. The summed E-state index contributed by atoms with van der Waals surface area (Å²) < 4.78 is 2.21. The third-order valence-corrected chi connectivity index (χ3v) is 4.77. The Morgan fingerprint density at radius 3 is 2.71 bits per heavy atom. The summed E-state index contributed by atoms with van der Waals surface area (Å²) in [5, 5.41) is 0. The van der Waals surface area contributed by atoms with Crippen LogP contribution in [0.3, 0.4) is 0 Å². The van der Waals surface area contributed by atoms with Crippen molar-refractivity contribution >= 4 is 11.4 Å². The van der Waals surface area contributed by atoms with Crippen LogP contribution >= 0.6 is 0 Å². The van der Waals surface area contributed by atoms with Crippen LogP contribution in [0.15, 0.2) is 54.9 Å². The molecule has 0 saturated heterocycles. The maximum atomic E-state index is 5.76. The Bertz CT molecular complexity index is 848. The van der Waals surface area contributed by atoms with E-state index in [2.05, 4.69) is 51.8 Å². The lowest BCUT2D eigenvalue weighted by atomic mass is 10.1. The minimum absolute atomic E-state index is 0.799. The summed E-state index contributed by atoms with van der Waals surface area (Å²) in [7, 11) is 2.16. The molecule has 2 heterocycles. The van der Waals surface area contributed by atoms with Gasteiger partial charge in [0.2, 0.25) is 0 Å². The highest BCUT2D eigenvalue weighted by molar-refractivity contribution is 5.58. The number of imidazole rings is 1. The Labute approximate surface area is 142 Å². The van der Waals surface area contributed by atoms with Crippen LogP contribution in [0.4, 0.5) is 11.4 Å². The summed E-state index contributed by atoms with van der Waals surface area (Å²) in [5.74, 6) is 1.10. The zero-order chi connectivity index (χ0) is 16.5. The van der Waals surface area contributed by atoms with Crippen LogP contribution in [0.25, 0.3) is 0 Å². The molecule has 0 fully saturated rings. The Kier molecular flexibility index (Phi) is 3.73. The molecule has 0 unspecified atom stereocenters. The standard InChI is InChI=1S/C20H22N4/c1-23-10-8-17-12-16(4-7-19(17)23)13-20-22-9-11-24(20)14-15-2-5-18(21)6-3-15/h2-7,9,11-12H,8,10,13-14,21H2,1H3. The van der Waals surface area contributed by atoms with E-state index in [4.69, 9.17) is 5.73 Å². The molecule has 0 atom stereocenters. The molecule has 3 aromatic rings. The lowest BCUT2D eigenvalue weighted by Crippen LogP contribution is -2.12. The third kappa shape index (κ3) is 2.87. The number of rotatable bonds is 4. The Hall–Kier alpha value is -2.75. The number of nitrogen functional groups attached to an aromatic ring is 1. The molecule has 1 aliphatic rings. The average molecular weight is 318 g/mol. The second-order valence-electron chi connectivity index (χ2n) is 6.52. The molecule has 0 aliphatic carbocycles. The molecule has 2 N–H and O–H groups in total. The van der Waals surface area contributed by atoms with Gasteiger partial charge in [-0.1, -0.05) is 24.3 Å². The maximum Gasteiger partial charge on any atom is 0.113 e. The van der Waals surface area contributed by atoms with E-state index >= 15 is 0 Å². The molecule has 0 saturated carbocycles. The number of nitrogens with two attached hydrogens (primary N) is 1. The van der Waals surface area contributed by atoms with E-state index in [1.165, 1.54) is 22.4 Å². The molecular weight excluding hydrogens is 296 g/mol. The first-order chi connectivity index (χ1) is 11.7. The van der Waals surface area contributed by atoms with Crippen molar-refractivity contribution in [3.63, 3.8) is 0 Å². The number of benzene rings is 2. The molecule has 0 bridgehead atoms. The average Bonchev–Trinajstić information content (AvgIpc) is 3.17. The number of aromatic nitrogens is 2. The predicted octanol–water partition coefficient (Wildman–Crippen LogP) is 3.10. The predicted molar refractivity (Wildman–Crippen MR) is 98.4 cm³/mol. The lowest BCUT2D eigenvalue weighted by molar-refractivity contribution is 0.740. The second-order valence-corrected chi connectivity index (χ2v) is 6.52. The molecule has 2 aromatic carbocycles. The van der Waals surface area contributed by atoms with Gasteiger partial charge < -0.3 is 15.2 Å². The smallest absolute Gasteiger partial charge is 0.113 e. The Morgan fingerprint density at radius 2 is 1.88 bits per heavy atom. The molecule has 0 amide bonds. The van der Waals surface area contributed by atoms with Crippen molar-refractivity contribution in [1.82, 2.24) is 9.55 Å². The first-order valence-corrected chi connectivity index (χ1v) is 8.36. The van der Waals surface area contributed by atoms with Crippen LogP contribution < -0.4 is 10.6 Å². The van der Waals surface area contributed by atoms with E-state index in [-0.39, 0.29) is 0 Å². The zero-order valence-corrected chi connectivity index (χ0v) is 13.9. The van der Waals surface area contributed by atoms with Gasteiger partial charge in [-0.25, -0.2) is 4.98 Å². The van der Waals surface area contributed by atoms with Gasteiger partial charge in [-0.3, -0.25) is 0 Å². The lowest BCUT2D eigenvalue weighted by Gasteiger charge is -2.12. The van der Waals surface area contributed by atoms with Crippen LogP contribution in [0.2, 0.25) is 0 Å². The first kappa shape index (κ1) is 14.8. The largest absolute Gasteiger partial charge is 0.399 e. The molecule has 0 spiro atoms. The summed E-state index contributed by atoms with van der Waals surface area (Å²) in [6.07, 6.45) is 5.93. The van der Waals surface area contributed by atoms with Crippen LogP contribution in [-0.2, 0) is 19.4 Å². The summed E-state index contributed by atoms with van der Waals surface area (Å²) >= 11 is 0. The van der Waals surface area contributed by atoms with E-state index < -0.39 is 0 Å². The zero-order valence-electron chi connectivity index (χ0n) is 13.9. The summed E-state index contributed by atoms with van der Waals surface area (Å²) in [6.45, 7) is 1.94. The van der Waals surface area contributed by atoms with Crippen molar-refractivity contribution in [2.45, 2.75) is 19.4 Å². The SMILES string of the molecule is CN1CCc2cc(Cc3nccn3Cc3ccc(N)cc3)ccc21. The van der Waals surface area contributed by atoms with Crippen molar-refractivity contribution in [1.29, 1.82) is 0 Å². The van der Waals surface area contributed by atoms with Gasteiger partial charge in [0.05, 0.1) is 0 Å². The Balaban J connectivity index is 1.54. The van der Waals surface area contributed by atoms with E-state index in [1.54, 1.807) is 0 Å². The Morgan fingerprint density at radius 1 is 1.08 bits per heavy atom. The highest BCUT2D eigenvalue weighted by atomic mass is 15.1. The summed E-state index contributed by atoms with van der Waals surface area (Å²) in [4.78, 5) is 6.88. The molecular formula is C20H22N4. The monoisotopic (exact) mass is 318 g/mol. The summed E-state index contributed by atoms with van der Waals surface area (Å²) in [5.41, 5.74) is 11.9. The van der Waals surface area contributed by atoms with Crippen LogP contribution in [-0.4, -0.2) is 23.1 Å². The first-order valence-electron chi connectivity index (χ1n) is 8.36.